The third-order valence-corrected chi connectivity index (χ3v) is 5.22. The quantitative estimate of drug-likeness (QED) is 0.550. The highest BCUT2D eigenvalue weighted by Crippen LogP contribution is 2.27. The van der Waals surface area contributed by atoms with Crippen molar-refractivity contribution in [3.05, 3.63) is 80.2 Å². The van der Waals surface area contributed by atoms with E-state index in [1.54, 1.807) is 22.7 Å². The van der Waals surface area contributed by atoms with E-state index in [1.165, 1.54) is 0 Å². The van der Waals surface area contributed by atoms with Crippen LogP contribution in [0.3, 0.4) is 0 Å². The van der Waals surface area contributed by atoms with Gasteiger partial charge in [0.25, 0.3) is 0 Å². The molecule has 0 aliphatic heterocycles. The zero-order valence-corrected chi connectivity index (χ0v) is 14.3. The van der Waals surface area contributed by atoms with Gasteiger partial charge in [-0.2, -0.15) is 10.5 Å². The summed E-state index contributed by atoms with van der Waals surface area (Å²) in [5.41, 5.74) is 3.10. The average molecular weight is 344 g/mol. The molecule has 0 fully saturated rings. The Bertz CT molecular complexity index is 882. The number of nitrogens with zero attached hydrogens (tertiary/aromatic N) is 2. The highest BCUT2D eigenvalue weighted by Gasteiger charge is 2.06. The fraction of sp³-hybridized carbons (Fsp3) is 0. The summed E-state index contributed by atoms with van der Waals surface area (Å²) in [6, 6.07) is 20.0. The average Bonchev–Trinajstić information content (AvgIpc) is 3.32. The Labute approximate surface area is 148 Å². The molecule has 24 heavy (non-hydrogen) atoms. The molecule has 4 heteroatoms. The third kappa shape index (κ3) is 3.52. The number of rotatable bonds is 4. The number of allylic oxidation sites excluding steroid dienone is 2. The summed E-state index contributed by atoms with van der Waals surface area (Å²) in [6.45, 7) is 0. The second-order valence-corrected chi connectivity index (χ2v) is 6.82. The van der Waals surface area contributed by atoms with Crippen LogP contribution >= 0.6 is 22.7 Å². The van der Waals surface area contributed by atoms with Crippen molar-refractivity contribution in [2.45, 2.75) is 0 Å². The van der Waals surface area contributed by atoms with Crippen LogP contribution in [0.5, 0.6) is 0 Å². The number of thiophene rings is 2. The summed E-state index contributed by atoms with van der Waals surface area (Å²) in [5.74, 6) is 0. The first-order valence-corrected chi connectivity index (χ1v) is 8.98. The molecule has 0 aliphatic rings. The predicted molar refractivity (Wildman–Crippen MR) is 102 cm³/mol. The second-order valence-electron chi connectivity index (χ2n) is 4.92. The van der Waals surface area contributed by atoms with Gasteiger partial charge in [0.15, 0.2) is 0 Å². The summed E-state index contributed by atoms with van der Waals surface area (Å²) < 4.78 is 0. The van der Waals surface area contributed by atoms with Crippen molar-refractivity contribution in [3.8, 4) is 12.1 Å². The zero-order chi connectivity index (χ0) is 16.8. The van der Waals surface area contributed by atoms with Crippen molar-refractivity contribution in [2.75, 3.05) is 0 Å². The lowest BCUT2D eigenvalue weighted by Crippen LogP contribution is -1.84. The monoisotopic (exact) mass is 344 g/mol. The minimum Gasteiger partial charge on any atom is -0.192 e. The molecule has 0 spiro atoms. The van der Waals surface area contributed by atoms with E-state index in [-0.39, 0.29) is 0 Å². The molecule has 0 atom stereocenters. The SMILES string of the molecule is N#CC(=Cc1ccccc1C=C(C#N)c1cccs1)c1cccs1. The van der Waals surface area contributed by atoms with Gasteiger partial charge in [0.1, 0.15) is 12.1 Å². The van der Waals surface area contributed by atoms with Crippen LogP contribution in [0.4, 0.5) is 0 Å². The topological polar surface area (TPSA) is 47.6 Å². The first-order chi connectivity index (χ1) is 11.8. The van der Waals surface area contributed by atoms with Crippen LogP contribution in [0.1, 0.15) is 20.9 Å². The Morgan fingerprint density at radius 2 is 1.17 bits per heavy atom. The van der Waals surface area contributed by atoms with Crippen LogP contribution < -0.4 is 0 Å². The van der Waals surface area contributed by atoms with Crippen LogP contribution in [0, 0.1) is 22.7 Å². The van der Waals surface area contributed by atoms with Crippen molar-refractivity contribution < 1.29 is 0 Å². The maximum atomic E-state index is 9.45. The summed E-state index contributed by atoms with van der Waals surface area (Å²) in [6.07, 6.45) is 3.75. The maximum absolute atomic E-state index is 9.45. The summed E-state index contributed by atoms with van der Waals surface area (Å²) >= 11 is 3.08. The summed E-state index contributed by atoms with van der Waals surface area (Å²) in [4.78, 5) is 1.88. The van der Waals surface area contributed by atoms with Gasteiger partial charge in [-0.25, -0.2) is 0 Å². The van der Waals surface area contributed by atoms with E-state index in [0.717, 1.165) is 20.9 Å². The van der Waals surface area contributed by atoms with E-state index in [1.807, 2.05) is 71.4 Å². The Hall–Kier alpha value is -2.92. The number of nitriles is 2. The maximum Gasteiger partial charge on any atom is 0.101 e. The van der Waals surface area contributed by atoms with Crippen LogP contribution in [0.25, 0.3) is 23.3 Å². The fourth-order valence-corrected chi connectivity index (χ4v) is 3.65. The number of hydrogen-bond acceptors (Lipinski definition) is 4. The standard InChI is InChI=1S/C20H12N2S2/c21-13-17(19-7-3-9-23-19)11-15-5-1-2-6-16(15)12-18(14-22)20-8-4-10-24-20/h1-12H. The predicted octanol–water partition coefficient (Wildman–Crippen LogP) is 5.94. The molecule has 0 bridgehead atoms. The Morgan fingerprint density at radius 1 is 0.708 bits per heavy atom. The van der Waals surface area contributed by atoms with Gasteiger partial charge in [-0.15, -0.1) is 22.7 Å². The molecule has 0 N–H and O–H groups in total. The minimum absolute atomic E-state index is 0.625. The van der Waals surface area contributed by atoms with Gasteiger partial charge in [0.05, 0.1) is 11.1 Å². The molecule has 0 saturated heterocycles. The van der Waals surface area contributed by atoms with Crippen LogP contribution in [0.2, 0.25) is 0 Å². The fourth-order valence-electron chi connectivity index (χ4n) is 2.27. The van der Waals surface area contributed by atoms with Crippen molar-refractivity contribution in [1.82, 2.24) is 0 Å². The Balaban J connectivity index is 2.06. The van der Waals surface area contributed by atoms with E-state index in [0.29, 0.717) is 11.1 Å². The largest absolute Gasteiger partial charge is 0.192 e. The molecule has 0 saturated carbocycles. The van der Waals surface area contributed by atoms with Crippen molar-refractivity contribution in [1.29, 1.82) is 10.5 Å². The Kier molecular flexibility index (Phi) is 5.03. The van der Waals surface area contributed by atoms with E-state index in [4.69, 9.17) is 0 Å². The first-order valence-electron chi connectivity index (χ1n) is 7.22. The van der Waals surface area contributed by atoms with Crippen molar-refractivity contribution in [2.24, 2.45) is 0 Å². The molecule has 3 aromatic rings. The molecule has 0 radical (unpaired) electrons. The van der Waals surface area contributed by atoms with Gasteiger partial charge in [-0.05, 0) is 46.2 Å². The second kappa shape index (κ2) is 7.57. The molecule has 2 nitrogen and oxygen atoms in total. The lowest BCUT2D eigenvalue weighted by atomic mass is 10.0. The molecular weight excluding hydrogens is 332 g/mol. The van der Waals surface area contributed by atoms with E-state index in [2.05, 4.69) is 12.1 Å². The molecule has 1 aromatic carbocycles. The lowest BCUT2D eigenvalue weighted by molar-refractivity contribution is 1.53. The third-order valence-electron chi connectivity index (χ3n) is 3.41. The highest BCUT2D eigenvalue weighted by atomic mass is 32.1. The van der Waals surface area contributed by atoms with Gasteiger partial charge >= 0.3 is 0 Å². The minimum atomic E-state index is 0.625. The smallest absolute Gasteiger partial charge is 0.101 e. The van der Waals surface area contributed by atoms with E-state index >= 15 is 0 Å². The van der Waals surface area contributed by atoms with Crippen molar-refractivity contribution >= 4 is 46.0 Å². The molecule has 0 unspecified atom stereocenters. The van der Waals surface area contributed by atoms with Crippen LogP contribution in [-0.4, -0.2) is 0 Å². The van der Waals surface area contributed by atoms with E-state index < -0.39 is 0 Å². The number of benzene rings is 1. The normalized spacial score (nSPS) is 11.8. The van der Waals surface area contributed by atoms with Crippen LogP contribution in [-0.2, 0) is 0 Å². The lowest BCUT2D eigenvalue weighted by Gasteiger charge is -2.03. The molecule has 0 amide bonds. The van der Waals surface area contributed by atoms with Gasteiger partial charge < -0.3 is 0 Å². The van der Waals surface area contributed by atoms with Gasteiger partial charge in [0, 0.05) is 9.75 Å². The molecule has 2 aromatic heterocycles. The summed E-state index contributed by atoms with van der Waals surface area (Å²) in [7, 11) is 0. The van der Waals surface area contributed by atoms with Gasteiger partial charge in [-0.1, -0.05) is 36.4 Å². The molecule has 114 valence electrons. The first kappa shape index (κ1) is 16.0. The molecule has 0 aliphatic carbocycles. The van der Waals surface area contributed by atoms with Crippen molar-refractivity contribution in [3.63, 3.8) is 0 Å². The summed E-state index contributed by atoms with van der Waals surface area (Å²) in [5, 5.41) is 22.8. The van der Waals surface area contributed by atoms with Gasteiger partial charge in [0.2, 0.25) is 0 Å². The van der Waals surface area contributed by atoms with E-state index in [9.17, 15) is 10.5 Å². The molecular formula is C20H12N2S2. The van der Waals surface area contributed by atoms with Gasteiger partial charge in [-0.3, -0.25) is 0 Å². The van der Waals surface area contributed by atoms with Crippen LogP contribution in [0.15, 0.2) is 59.3 Å². The number of hydrogen-bond donors (Lipinski definition) is 0. The highest BCUT2D eigenvalue weighted by molar-refractivity contribution is 7.11. The Morgan fingerprint density at radius 3 is 1.50 bits per heavy atom. The molecule has 3 rings (SSSR count). The molecule has 2 heterocycles. The zero-order valence-electron chi connectivity index (χ0n) is 12.6.